The van der Waals surface area contributed by atoms with Gasteiger partial charge in [0, 0.05) is 71.1 Å². The van der Waals surface area contributed by atoms with Gasteiger partial charge in [0.15, 0.2) is 4.75 Å². The first-order valence-corrected chi connectivity index (χ1v) is 15.3. The number of nitrogens with one attached hydrogen (secondary N) is 1. The number of rotatable bonds is 8. The summed E-state index contributed by atoms with van der Waals surface area (Å²) in [4.78, 5) is 33.6. The lowest BCUT2D eigenvalue weighted by Crippen LogP contribution is -2.64. The molecular formula is C26H42N6O6S. The third kappa shape index (κ3) is 6.26. The molecule has 1 aromatic rings. The number of hydrogen-bond acceptors (Lipinski definition) is 8. The maximum atomic E-state index is 13.9. The van der Waals surface area contributed by atoms with Gasteiger partial charge in [0.1, 0.15) is 5.75 Å². The van der Waals surface area contributed by atoms with Gasteiger partial charge in [-0.2, -0.15) is 4.31 Å². The van der Waals surface area contributed by atoms with E-state index >= 15 is 0 Å². The zero-order valence-electron chi connectivity index (χ0n) is 23.0. The Balaban J connectivity index is 1.38. The van der Waals surface area contributed by atoms with E-state index in [4.69, 9.17) is 4.74 Å². The monoisotopic (exact) mass is 566 g/mol. The first-order chi connectivity index (χ1) is 18.7. The number of anilines is 1. The minimum atomic E-state index is -4.11. The van der Waals surface area contributed by atoms with E-state index in [0.717, 1.165) is 37.4 Å². The number of piperidine rings is 1. The van der Waals surface area contributed by atoms with Crippen LogP contribution in [0.1, 0.15) is 32.6 Å². The summed E-state index contributed by atoms with van der Waals surface area (Å²) in [6, 6.07) is 7.66. The molecule has 39 heavy (non-hydrogen) atoms. The second-order valence-corrected chi connectivity index (χ2v) is 12.8. The largest absolute Gasteiger partial charge is 0.494 e. The zero-order valence-corrected chi connectivity index (χ0v) is 23.9. The van der Waals surface area contributed by atoms with Crippen molar-refractivity contribution in [2.75, 3.05) is 84.0 Å². The van der Waals surface area contributed by atoms with Crippen molar-refractivity contribution in [2.45, 2.75) is 37.4 Å². The Morgan fingerprint density at radius 2 is 1.51 bits per heavy atom. The van der Waals surface area contributed by atoms with E-state index in [0.29, 0.717) is 32.8 Å². The quantitative estimate of drug-likeness (QED) is 0.272. The van der Waals surface area contributed by atoms with Gasteiger partial charge in [-0.1, -0.05) is 13.3 Å². The molecule has 3 aliphatic heterocycles. The zero-order chi connectivity index (χ0) is 28.0. The number of carbonyl (C=O) groups is 2. The number of benzene rings is 1. The molecule has 3 heterocycles. The number of unbranched alkanes of at least 4 members (excludes halogenated alkanes) is 1. The first kappa shape index (κ1) is 29.4. The molecule has 0 radical (unpaired) electrons. The van der Waals surface area contributed by atoms with Crippen molar-refractivity contribution >= 4 is 27.6 Å². The highest BCUT2D eigenvalue weighted by Crippen LogP contribution is 2.35. The molecule has 0 bridgehead atoms. The third-order valence-corrected chi connectivity index (χ3v) is 10.8. The summed E-state index contributed by atoms with van der Waals surface area (Å²) in [5.74, 6) is -0.127. The second kappa shape index (κ2) is 12.7. The van der Waals surface area contributed by atoms with Crippen LogP contribution in [0, 0.1) is 0 Å². The lowest BCUT2D eigenvalue weighted by Gasteiger charge is -2.45. The summed E-state index contributed by atoms with van der Waals surface area (Å²) in [6.07, 6.45) is 1.93. The van der Waals surface area contributed by atoms with Crippen molar-refractivity contribution in [2.24, 2.45) is 0 Å². The summed E-state index contributed by atoms with van der Waals surface area (Å²) >= 11 is 0. The molecule has 3 aliphatic rings. The molecule has 13 heteroatoms. The number of ether oxygens (including phenoxy) is 1. The van der Waals surface area contributed by atoms with Crippen LogP contribution < -0.4 is 15.1 Å². The predicted molar refractivity (Wildman–Crippen MR) is 147 cm³/mol. The number of amides is 3. The molecule has 2 N–H and O–H groups in total. The molecular weight excluding hydrogens is 524 g/mol. The van der Waals surface area contributed by atoms with Crippen LogP contribution in [0.2, 0.25) is 0 Å². The number of hydrogen-bond donors (Lipinski definition) is 2. The number of sulfonamides is 1. The minimum absolute atomic E-state index is 0.0685. The van der Waals surface area contributed by atoms with Crippen LogP contribution in [0.25, 0.3) is 0 Å². The van der Waals surface area contributed by atoms with Crippen molar-refractivity contribution < 1.29 is 28.0 Å². The molecule has 0 unspecified atom stereocenters. The molecule has 0 atom stereocenters. The first-order valence-electron chi connectivity index (χ1n) is 13.9. The van der Waals surface area contributed by atoms with Gasteiger partial charge in [0.05, 0.1) is 6.61 Å². The minimum Gasteiger partial charge on any atom is -0.494 e. The number of piperazine rings is 2. The van der Waals surface area contributed by atoms with Gasteiger partial charge in [0.25, 0.3) is 5.91 Å². The van der Waals surface area contributed by atoms with Crippen molar-refractivity contribution in [1.82, 2.24) is 24.5 Å². The number of urea groups is 1. The van der Waals surface area contributed by atoms with Crippen LogP contribution in [-0.2, 0) is 14.8 Å². The number of nitrogens with zero attached hydrogens (tertiary/aromatic N) is 5. The molecule has 4 rings (SSSR count). The highest BCUT2D eigenvalue weighted by Gasteiger charge is 2.55. The highest BCUT2D eigenvalue weighted by molar-refractivity contribution is 7.91. The number of hydroxylamine groups is 1. The summed E-state index contributed by atoms with van der Waals surface area (Å²) in [5.41, 5.74) is 2.58. The normalized spacial score (nSPS) is 21.1. The van der Waals surface area contributed by atoms with Gasteiger partial charge in [0.2, 0.25) is 10.0 Å². The van der Waals surface area contributed by atoms with E-state index < -0.39 is 20.7 Å². The number of likely N-dealkylation sites (N-methyl/N-ethyl adjacent to an activating group) is 1. The molecule has 3 saturated heterocycles. The van der Waals surface area contributed by atoms with Gasteiger partial charge in [-0.3, -0.25) is 10.0 Å². The smallest absolute Gasteiger partial charge is 0.320 e. The molecule has 3 amide bonds. The van der Waals surface area contributed by atoms with Crippen LogP contribution in [0.15, 0.2) is 24.3 Å². The van der Waals surface area contributed by atoms with E-state index in [9.17, 15) is 23.2 Å². The van der Waals surface area contributed by atoms with E-state index in [1.165, 1.54) is 4.31 Å². The van der Waals surface area contributed by atoms with Gasteiger partial charge in [-0.05, 0) is 50.6 Å². The van der Waals surface area contributed by atoms with Crippen LogP contribution in [0.4, 0.5) is 10.5 Å². The van der Waals surface area contributed by atoms with Crippen molar-refractivity contribution in [3.05, 3.63) is 24.3 Å². The SMILES string of the molecule is CCCCOc1ccc(N2CCN(S(=O)(=O)C3(C(=O)NO)CCN(C(=O)N4CCN(C)CC4)CC3)CC2)cc1. The highest BCUT2D eigenvalue weighted by atomic mass is 32.2. The Labute approximate surface area is 231 Å². The lowest BCUT2D eigenvalue weighted by molar-refractivity contribution is -0.133. The fraction of sp³-hybridized carbons (Fsp3) is 0.692. The van der Waals surface area contributed by atoms with E-state index in [1.807, 2.05) is 31.3 Å². The van der Waals surface area contributed by atoms with Crippen molar-refractivity contribution in [3.8, 4) is 5.75 Å². The fourth-order valence-electron chi connectivity index (χ4n) is 5.48. The standard InChI is InChI=1S/C26H42N6O6S/c1-3-4-21-38-23-7-5-22(6-8-23)29-17-19-32(20-18-29)39(36,37)26(24(33)27-35)9-11-30(12-10-26)25(34)31-15-13-28(2)14-16-31/h5-8,35H,3-4,9-21H2,1-2H3,(H,27,33). The Hall–Kier alpha value is -2.61. The summed E-state index contributed by atoms with van der Waals surface area (Å²) in [7, 11) is -2.10. The molecule has 1 aromatic carbocycles. The fourth-order valence-corrected chi connectivity index (χ4v) is 7.60. The molecule has 12 nitrogen and oxygen atoms in total. The van der Waals surface area contributed by atoms with Gasteiger partial charge in [-0.15, -0.1) is 0 Å². The van der Waals surface area contributed by atoms with Gasteiger partial charge in [-0.25, -0.2) is 18.7 Å². The predicted octanol–water partition coefficient (Wildman–Crippen LogP) is 1.02. The Kier molecular flexibility index (Phi) is 9.57. The average molecular weight is 567 g/mol. The van der Waals surface area contributed by atoms with E-state index in [1.54, 1.807) is 15.3 Å². The second-order valence-electron chi connectivity index (χ2n) is 10.6. The Morgan fingerprint density at radius 1 is 0.923 bits per heavy atom. The topological polar surface area (TPSA) is 126 Å². The van der Waals surface area contributed by atoms with Crippen LogP contribution in [0.5, 0.6) is 5.75 Å². The molecule has 3 fully saturated rings. The molecule has 0 saturated carbocycles. The summed E-state index contributed by atoms with van der Waals surface area (Å²) < 4.78 is 33.0. The van der Waals surface area contributed by atoms with Gasteiger partial charge >= 0.3 is 6.03 Å². The van der Waals surface area contributed by atoms with E-state index in [2.05, 4.69) is 16.7 Å². The van der Waals surface area contributed by atoms with Gasteiger partial charge < -0.3 is 24.3 Å². The molecule has 0 aliphatic carbocycles. The maximum Gasteiger partial charge on any atom is 0.320 e. The van der Waals surface area contributed by atoms with E-state index in [-0.39, 0.29) is 45.1 Å². The molecule has 0 spiro atoms. The summed E-state index contributed by atoms with van der Waals surface area (Å²) in [5, 5.41) is 9.50. The van der Waals surface area contributed by atoms with Crippen molar-refractivity contribution in [3.63, 3.8) is 0 Å². The maximum absolute atomic E-state index is 13.9. The Bertz CT molecular complexity index is 1080. The van der Waals surface area contributed by atoms with Crippen LogP contribution in [0.3, 0.4) is 0 Å². The Morgan fingerprint density at radius 3 is 2.08 bits per heavy atom. The molecule has 0 aromatic heterocycles. The van der Waals surface area contributed by atoms with Crippen LogP contribution in [-0.4, -0.2) is 128 Å². The molecule has 218 valence electrons. The third-order valence-electron chi connectivity index (χ3n) is 8.17. The average Bonchev–Trinajstić information content (AvgIpc) is 2.97. The summed E-state index contributed by atoms with van der Waals surface area (Å²) in [6.45, 7) is 7.25. The van der Waals surface area contributed by atoms with Crippen LogP contribution >= 0.6 is 0 Å². The number of likely N-dealkylation sites (tertiary alicyclic amines) is 1. The van der Waals surface area contributed by atoms with Crippen molar-refractivity contribution in [1.29, 1.82) is 0 Å². The lowest BCUT2D eigenvalue weighted by atomic mass is 9.95. The number of carbonyl (C=O) groups excluding carboxylic acids is 2.